The molecule has 0 amide bonds. The second kappa shape index (κ2) is 7.82. The Labute approximate surface area is 151 Å². The highest BCUT2D eigenvalue weighted by molar-refractivity contribution is 5.77. The Bertz CT molecular complexity index is 711. The summed E-state index contributed by atoms with van der Waals surface area (Å²) in [7, 11) is 0. The summed E-state index contributed by atoms with van der Waals surface area (Å²) in [5.41, 5.74) is 1.31. The first-order chi connectivity index (χ1) is 12.5. The normalized spacial score (nSPS) is 17.6. The molecule has 2 aliphatic rings. The predicted molar refractivity (Wildman–Crippen MR) is 95.3 cm³/mol. The Morgan fingerprint density at radius 2 is 2.08 bits per heavy atom. The van der Waals surface area contributed by atoms with Gasteiger partial charge in [-0.3, -0.25) is 4.79 Å². The molecule has 8 heteroatoms. The zero-order chi connectivity index (χ0) is 18.7. The third-order valence-electron chi connectivity index (χ3n) is 4.50. The van der Waals surface area contributed by atoms with Crippen LogP contribution in [-0.2, 0) is 9.53 Å². The standard InChI is InChI=1S/C18H23N3O5/c1-12(2)11-20(14-7-9-25-10-8-14)15-5-6-16(19-17(15)21(23)24)26-18(22)13-3-4-13/h5-6,13-14H,1,3-4,7-11H2,2H3. The lowest BCUT2D eigenvalue weighted by Gasteiger charge is -2.35. The lowest BCUT2D eigenvalue weighted by Crippen LogP contribution is -2.41. The first-order valence-corrected chi connectivity index (χ1v) is 8.81. The van der Waals surface area contributed by atoms with E-state index in [4.69, 9.17) is 9.47 Å². The first-order valence-electron chi connectivity index (χ1n) is 8.81. The molecule has 0 spiro atoms. The summed E-state index contributed by atoms with van der Waals surface area (Å²) in [5.74, 6) is -0.807. The van der Waals surface area contributed by atoms with Gasteiger partial charge < -0.3 is 24.5 Å². The van der Waals surface area contributed by atoms with Crippen molar-refractivity contribution in [3.8, 4) is 5.88 Å². The second-order valence-corrected chi connectivity index (χ2v) is 6.87. The lowest BCUT2D eigenvalue weighted by molar-refractivity contribution is -0.388. The van der Waals surface area contributed by atoms with E-state index in [1.807, 2.05) is 11.8 Å². The fraction of sp³-hybridized carbons (Fsp3) is 0.556. The van der Waals surface area contributed by atoms with Crippen LogP contribution in [-0.4, -0.2) is 41.7 Å². The Hall–Kier alpha value is -2.48. The van der Waals surface area contributed by atoms with E-state index in [1.54, 1.807) is 6.07 Å². The number of rotatable bonds is 7. The minimum Gasteiger partial charge on any atom is -0.386 e. The largest absolute Gasteiger partial charge is 0.391 e. The average Bonchev–Trinajstić information content (AvgIpc) is 3.45. The Kier molecular flexibility index (Phi) is 5.51. The van der Waals surface area contributed by atoms with Gasteiger partial charge in [0.05, 0.1) is 5.92 Å². The topological polar surface area (TPSA) is 94.8 Å². The van der Waals surface area contributed by atoms with Gasteiger partial charge in [0.1, 0.15) is 5.69 Å². The maximum Gasteiger partial charge on any atom is 0.391 e. The molecule has 26 heavy (non-hydrogen) atoms. The van der Waals surface area contributed by atoms with Crippen molar-refractivity contribution in [2.75, 3.05) is 24.7 Å². The Morgan fingerprint density at radius 3 is 2.65 bits per heavy atom. The monoisotopic (exact) mass is 361 g/mol. The van der Waals surface area contributed by atoms with Crippen molar-refractivity contribution in [2.24, 2.45) is 5.92 Å². The molecule has 0 aromatic carbocycles. The summed E-state index contributed by atoms with van der Waals surface area (Å²) in [4.78, 5) is 28.8. The fourth-order valence-electron chi connectivity index (χ4n) is 3.04. The van der Waals surface area contributed by atoms with Crippen LogP contribution in [0.4, 0.5) is 11.5 Å². The van der Waals surface area contributed by atoms with Crippen molar-refractivity contribution in [1.29, 1.82) is 0 Å². The van der Waals surface area contributed by atoms with Gasteiger partial charge in [0.2, 0.25) is 0 Å². The van der Waals surface area contributed by atoms with Crippen LogP contribution in [0.15, 0.2) is 24.3 Å². The number of aromatic nitrogens is 1. The van der Waals surface area contributed by atoms with E-state index in [0.717, 1.165) is 31.3 Å². The molecule has 3 rings (SSSR count). The summed E-state index contributed by atoms with van der Waals surface area (Å²) in [6, 6.07) is 3.24. The van der Waals surface area contributed by atoms with Gasteiger partial charge >= 0.3 is 17.7 Å². The molecule has 1 aliphatic heterocycles. The minimum absolute atomic E-state index is 0.0281. The molecule has 1 saturated carbocycles. The van der Waals surface area contributed by atoms with Gasteiger partial charge in [-0.25, -0.2) is 0 Å². The fourth-order valence-corrected chi connectivity index (χ4v) is 3.04. The number of nitrogens with zero attached hydrogens (tertiary/aromatic N) is 3. The average molecular weight is 361 g/mol. The van der Waals surface area contributed by atoms with Gasteiger partial charge in [0, 0.05) is 36.9 Å². The molecular weight excluding hydrogens is 338 g/mol. The highest BCUT2D eigenvalue weighted by Gasteiger charge is 2.34. The number of ether oxygens (including phenoxy) is 2. The van der Waals surface area contributed by atoms with Crippen molar-refractivity contribution in [1.82, 2.24) is 4.98 Å². The number of nitro groups is 1. The van der Waals surface area contributed by atoms with E-state index in [2.05, 4.69) is 11.6 Å². The minimum atomic E-state index is -0.533. The zero-order valence-electron chi connectivity index (χ0n) is 14.8. The number of hydrogen-bond acceptors (Lipinski definition) is 7. The SMILES string of the molecule is C=C(C)CN(c1ccc(OC(=O)C2CC2)nc1[N+](=O)[O-])C1CCOCC1. The molecule has 2 heterocycles. The number of anilines is 1. The van der Waals surface area contributed by atoms with Crippen molar-refractivity contribution in [3.63, 3.8) is 0 Å². The van der Waals surface area contributed by atoms with Crippen LogP contribution in [0, 0.1) is 16.0 Å². The van der Waals surface area contributed by atoms with Crippen molar-refractivity contribution in [3.05, 3.63) is 34.4 Å². The van der Waals surface area contributed by atoms with Gasteiger partial charge in [-0.15, -0.1) is 0 Å². The summed E-state index contributed by atoms with van der Waals surface area (Å²) < 4.78 is 10.6. The van der Waals surface area contributed by atoms with E-state index in [-0.39, 0.29) is 29.6 Å². The maximum absolute atomic E-state index is 11.8. The number of hydrogen-bond donors (Lipinski definition) is 0. The van der Waals surface area contributed by atoms with Gasteiger partial charge in [-0.2, -0.15) is 0 Å². The molecule has 140 valence electrons. The van der Waals surface area contributed by atoms with Crippen LogP contribution in [0.2, 0.25) is 0 Å². The van der Waals surface area contributed by atoms with Crippen LogP contribution < -0.4 is 9.64 Å². The Morgan fingerprint density at radius 1 is 1.38 bits per heavy atom. The van der Waals surface area contributed by atoms with Crippen LogP contribution in [0.3, 0.4) is 0 Å². The number of esters is 1. The third-order valence-corrected chi connectivity index (χ3v) is 4.50. The van der Waals surface area contributed by atoms with Crippen LogP contribution in [0.1, 0.15) is 32.6 Å². The molecule has 2 fully saturated rings. The van der Waals surface area contributed by atoms with Crippen LogP contribution >= 0.6 is 0 Å². The number of carbonyl (C=O) groups is 1. The van der Waals surface area contributed by atoms with Crippen molar-refractivity contribution >= 4 is 17.5 Å². The summed E-state index contributed by atoms with van der Waals surface area (Å²) in [6.45, 7) is 7.56. The molecule has 0 radical (unpaired) electrons. The highest BCUT2D eigenvalue weighted by Crippen LogP contribution is 2.34. The van der Waals surface area contributed by atoms with E-state index in [9.17, 15) is 14.9 Å². The van der Waals surface area contributed by atoms with Crippen LogP contribution in [0.25, 0.3) is 0 Å². The molecule has 0 bridgehead atoms. The molecule has 1 saturated heterocycles. The van der Waals surface area contributed by atoms with Gasteiger partial charge in [-0.1, -0.05) is 12.2 Å². The highest BCUT2D eigenvalue weighted by atomic mass is 16.6. The maximum atomic E-state index is 11.8. The number of carbonyl (C=O) groups excluding carboxylic acids is 1. The third kappa shape index (κ3) is 4.37. The predicted octanol–water partition coefficient (Wildman–Crippen LogP) is 2.87. The molecule has 8 nitrogen and oxygen atoms in total. The molecule has 1 aromatic heterocycles. The van der Waals surface area contributed by atoms with Gasteiger partial charge in [0.25, 0.3) is 0 Å². The molecule has 1 aromatic rings. The summed E-state index contributed by atoms with van der Waals surface area (Å²) in [5, 5.41) is 11.6. The van der Waals surface area contributed by atoms with Crippen LogP contribution in [0.5, 0.6) is 5.88 Å². The van der Waals surface area contributed by atoms with Gasteiger partial charge in [0.15, 0.2) is 0 Å². The molecule has 1 aliphatic carbocycles. The zero-order valence-corrected chi connectivity index (χ0v) is 14.8. The Balaban J connectivity index is 1.89. The smallest absolute Gasteiger partial charge is 0.386 e. The van der Waals surface area contributed by atoms with Gasteiger partial charge in [-0.05, 0) is 43.6 Å². The molecule has 0 unspecified atom stereocenters. The molecular formula is C18H23N3O5. The quantitative estimate of drug-likeness (QED) is 0.319. The van der Waals surface area contributed by atoms with Crippen molar-refractivity contribution in [2.45, 2.75) is 38.6 Å². The van der Waals surface area contributed by atoms with E-state index >= 15 is 0 Å². The summed E-state index contributed by atoms with van der Waals surface area (Å²) >= 11 is 0. The number of pyridine rings is 1. The molecule has 0 N–H and O–H groups in total. The van der Waals surface area contributed by atoms with E-state index in [0.29, 0.717) is 25.4 Å². The van der Waals surface area contributed by atoms with Crippen molar-refractivity contribution < 1.29 is 19.2 Å². The van der Waals surface area contributed by atoms with E-state index < -0.39 is 4.92 Å². The summed E-state index contributed by atoms with van der Waals surface area (Å²) in [6.07, 6.45) is 3.16. The first kappa shape index (κ1) is 18.3. The van der Waals surface area contributed by atoms with E-state index in [1.165, 1.54) is 6.07 Å². The second-order valence-electron chi connectivity index (χ2n) is 6.87. The lowest BCUT2D eigenvalue weighted by atomic mass is 10.1. The molecule has 0 atom stereocenters.